The molecule has 0 radical (unpaired) electrons. The SMILES string of the molecule is C[n+]1c(N)cc(N2CCCC2)nc1N.N=c1cc(N2CCCCC2)nc(N)n1O. The summed E-state index contributed by atoms with van der Waals surface area (Å²) in [5.41, 5.74) is 17.0. The average Bonchev–Trinajstić information content (AvgIpc) is 3.25. The molecule has 4 rings (SSSR count). The van der Waals surface area contributed by atoms with Crippen LogP contribution in [0.3, 0.4) is 0 Å². The van der Waals surface area contributed by atoms with Gasteiger partial charge in [0.25, 0.3) is 0 Å². The molecule has 0 aliphatic carbocycles. The minimum atomic E-state index is -0.0388. The number of nitrogens with one attached hydrogen (secondary N) is 1. The van der Waals surface area contributed by atoms with Crippen LogP contribution < -0.4 is 37.1 Å². The van der Waals surface area contributed by atoms with Crippen molar-refractivity contribution in [3.8, 4) is 0 Å². The molecular formula is C18H31N10O+. The number of nitrogen functional groups attached to an aromatic ring is 3. The Morgan fingerprint density at radius 2 is 1.41 bits per heavy atom. The van der Waals surface area contributed by atoms with Crippen molar-refractivity contribution >= 4 is 29.4 Å². The second-order valence-corrected chi connectivity index (χ2v) is 7.37. The normalized spacial score (nSPS) is 16.4. The van der Waals surface area contributed by atoms with Gasteiger partial charge in [-0.15, -0.1) is 4.73 Å². The van der Waals surface area contributed by atoms with Gasteiger partial charge >= 0.3 is 5.95 Å². The van der Waals surface area contributed by atoms with Crippen molar-refractivity contribution in [3.63, 3.8) is 0 Å². The van der Waals surface area contributed by atoms with Gasteiger partial charge in [-0.1, -0.05) is 4.98 Å². The smallest absolute Gasteiger partial charge is 0.346 e. The highest BCUT2D eigenvalue weighted by Gasteiger charge is 2.18. The molecular weight excluding hydrogens is 372 g/mol. The van der Waals surface area contributed by atoms with Crippen LogP contribution in [0.5, 0.6) is 0 Å². The van der Waals surface area contributed by atoms with Gasteiger partial charge in [-0.25, -0.2) is 4.57 Å². The fraction of sp³-hybridized carbons (Fsp3) is 0.556. The molecule has 8 N–H and O–H groups in total. The minimum absolute atomic E-state index is 0.0388. The van der Waals surface area contributed by atoms with E-state index in [4.69, 9.17) is 22.6 Å². The highest BCUT2D eigenvalue weighted by atomic mass is 16.5. The standard InChI is InChI=1S/C9H15N5O.C9H15N5/c10-7-6-8(12-9(11)14(7)15)13-4-2-1-3-5-13;1-13-7(10)6-8(12-9(13)11)14-4-2-3-5-14/h6,10,15H,1-5H2,(H2,11,12);6H,2-5H2,1H3,(H3,10,11,12)/p+1. The molecule has 2 saturated heterocycles. The maximum atomic E-state index is 9.25. The Bertz CT molecular complexity index is 877. The summed E-state index contributed by atoms with van der Waals surface area (Å²) in [7, 11) is 1.81. The molecule has 29 heavy (non-hydrogen) atoms. The highest BCUT2D eigenvalue weighted by Crippen LogP contribution is 2.19. The number of aromatic nitrogens is 4. The number of piperidine rings is 1. The summed E-state index contributed by atoms with van der Waals surface area (Å²) in [5, 5.41) is 16.7. The van der Waals surface area contributed by atoms with Crippen molar-refractivity contribution in [2.24, 2.45) is 7.05 Å². The molecule has 0 aromatic carbocycles. The first kappa shape index (κ1) is 20.5. The molecule has 0 unspecified atom stereocenters. The highest BCUT2D eigenvalue weighted by molar-refractivity contribution is 5.47. The zero-order valence-electron chi connectivity index (χ0n) is 16.9. The van der Waals surface area contributed by atoms with Gasteiger partial charge in [-0.05, 0) is 32.1 Å². The van der Waals surface area contributed by atoms with Crippen molar-refractivity contribution in [3.05, 3.63) is 17.6 Å². The topological polar surface area (TPSA) is 163 Å². The van der Waals surface area contributed by atoms with Crippen molar-refractivity contribution in [1.82, 2.24) is 14.7 Å². The Balaban J connectivity index is 0.000000166. The molecule has 4 heterocycles. The van der Waals surface area contributed by atoms with Crippen LogP contribution in [0.2, 0.25) is 0 Å². The first-order valence-electron chi connectivity index (χ1n) is 9.92. The zero-order chi connectivity index (χ0) is 21.0. The van der Waals surface area contributed by atoms with E-state index in [0.717, 1.165) is 44.8 Å². The molecule has 2 aliphatic rings. The summed E-state index contributed by atoms with van der Waals surface area (Å²) in [6, 6.07) is 3.41. The average molecular weight is 404 g/mol. The van der Waals surface area contributed by atoms with Crippen LogP contribution >= 0.6 is 0 Å². The van der Waals surface area contributed by atoms with Crippen LogP contribution in [0.25, 0.3) is 0 Å². The number of rotatable bonds is 2. The Hall–Kier alpha value is -3.24. The molecule has 2 aromatic heterocycles. The zero-order valence-corrected chi connectivity index (χ0v) is 16.9. The summed E-state index contributed by atoms with van der Waals surface area (Å²) in [5.74, 6) is 2.66. The molecule has 158 valence electrons. The predicted molar refractivity (Wildman–Crippen MR) is 111 cm³/mol. The van der Waals surface area contributed by atoms with Gasteiger partial charge in [0.1, 0.15) is 5.82 Å². The van der Waals surface area contributed by atoms with E-state index < -0.39 is 0 Å². The van der Waals surface area contributed by atoms with E-state index in [1.54, 1.807) is 4.57 Å². The summed E-state index contributed by atoms with van der Waals surface area (Å²) >= 11 is 0. The van der Waals surface area contributed by atoms with Crippen molar-refractivity contribution in [1.29, 1.82) is 5.41 Å². The summed E-state index contributed by atoms with van der Waals surface area (Å²) < 4.78 is 2.26. The third kappa shape index (κ3) is 4.79. The monoisotopic (exact) mass is 403 g/mol. The second kappa shape index (κ2) is 8.84. The fourth-order valence-electron chi connectivity index (χ4n) is 3.48. The van der Waals surface area contributed by atoms with Gasteiger partial charge in [0, 0.05) is 32.2 Å². The summed E-state index contributed by atoms with van der Waals surface area (Å²) in [6.07, 6.45) is 5.98. The van der Waals surface area contributed by atoms with E-state index in [1.165, 1.54) is 25.3 Å². The third-order valence-electron chi connectivity index (χ3n) is 5.29. The molecule has 0 saturated carbocycles. The molecule has 2 fully saturated rings. The van der Waals surface area contributed by atoms with E-state index in [1.807, 2.05) is 13.1 Å². The summed E-state index contributed by atoms with van der Waals surface area (Å²) in [6.45, 7) is 4.00. The van der Waals surface area contributed by atoms with Crippen LogP contribution in [0.1, 0.15) is 32.1 Å². The predicted octanol–water partition coefficient (Wildman–Crippen LogP) is -0.157. The van der Waals surface area contributed by atoms with E-state index in [-0.39, 0.29) is 11.4 Å². The van der Waals surface area contributed by atoms with Crippen LogP contribution in [0, 0.1) is 5.41 Å². The van der Waals surface area contributed by atoms with Gasteiger partial charge in [0.2, 0.25) is 5.95 Å². The Labute approximate surface area is 169 Å². The molecule has 0 atom stereocenters. The van der Waals surface area contributed by atoms with Crippen LogP contribution in [-0.4, -0.2) is 46.1 Å². The van der Waals surface area contributed by atoms with Crippen molar-refractivity contribution in [2.75, 3.05) is 53.2 Å². The Morgan fingerprint density at radius 3 is 1.93 bits per heavy atom. The van der Waals surface area contributed by atoms with E-state index in [2.05, 4.69) is 19.8 Å². The van der Waals surface area contributed by atoms with Crippen molar-refractivity contribution in [2.45, 2.75) is 32.1 Å². The van der Waals surface area contributed by atoms with E-state index in [9.17, 15) is 5.21 Å². The molecule has 0 amide bonds. The van der Waals surface area contributed by atoms with Crippen molar-refractivity contribution < 1.29 is 9.77 Å². The number of nitrogens with two attached hydrogens (primary N) is 3. The first-order chi connectivity index (χ1) is 13.9. The van der Waals surface area contributed by atoms with Gasteiger partial charge in [0.05, 0.1) is 13.1 Å². The maximum absolute atomic E-state index is 9.25. The Morgan fingerprint density at radius 1 is 0.897 bits per heavy atom. The molecule has 0 spiro atoms. The lowest BCUT2D eigenvalue weighted by molar-refractivity contribution is -0.644. The molecule has 0 bridgehead atoms. The van der Waals surface area contributed by atoms with Gasteiger partial charge in [-0.2, -0.15) is 4.98 Å². The lowest BCUT2D eigenvalue weighted by Gasteiger charge is -2.27. The lowest BCUT2D eigenvalue weighted by Crippen LogP contribution is -2.38. The number of nitrogens with zero attached hydrogens (tertiary/aromatic N) is 6. The minimum Gasteiger partial charge on any atom is -0.423 e. The fourth-order valence-corrected chi connectivity index (χ4v) is 3.48. The molecule has 11 heteroatoms. The first-order valence-corrected chi connectivity index (χ1v) is 9.92. The lowest BCUT2D eigenvalue weighted by atomic mass is 10.1. The number of anilines is 5. The summed E-state index contributed by atoms with van der Waals surface area (Å²) in [4.78, 5) is 12.7. The third-order valence-corrected chi connectivity index (χ3v) is 5.29. The second-order valence-electron chi connectivity index (χ2n) is 7.37. The number of hydrogen-bond donors (Lipinski definition) is 5. The molecule has 11 nitrogen and oxygen atoms in total. The molecule has 2 aliphatic heterocycles. The van der Waals surface area contributed by atoms with Gasteiger partial charge in [0.15, 0.2) is 17.1 Å². The quantitative estimate of drug-likeness (QED) is 0.341. The van der Waals surface area contributed by atoms with E-state index in [0.29, 0.717) is 22.3 Å². The molecule has 2 aromatic rings. The maximum Gasteiger partial charge on any atom is 0.346 e. The van der Waals surface area contributed by atoms with Gasteiger partial charge in [-0.3, -0.25) is 5.41 Å². The van der Waals surface area contributed by atoms with E-state index >= 15 is 0 Å². The van der Waals surface area contributed by atoms with Crippen LogP contribution in [0.15, 0.2) is 12.1 Å². The van der Waals surface area contributed by atoms with Gasteiger partial charge < -0.3 is 32.2 Å². The van der Waals surface area contributed by atoms with Crippen LogP contribution in [-0.2, 0) is 7.05 Å². The largest absolute Gasteiger partial charge is 0.423 e. The van der Waals surface area contributed by atoms with Crippen LogP contribution in [0.4, 0.5) is 29.4 Å². The number of hydrogen-bond acceptors (Lipinski definition) is 9. The Kier molecular flexibility index (Phi) is 6.25.